The summed E-state index contributed by atoms with van der Waals surface area (Å²) < 4.78 is 37.9. The van der Waals surface area contributed by atoms with Crippen LogP contribution >= 0.6 is 0 Å². The molecule has 1 aromatic rings. The van der Waals surface area contributed by atoms with Crippen molar-refractivity contribution in [2.75, 3.05) is 6.54 Å². The average Bonchev–Trinajstić information content (AvgIpc) is 2.33. The summed E-state index contributed by atoms with van der Waals surface area (Å²) in [5.41, 5.74) is -0.528. The van der Waals surface area contributed by atoms with Gasteiger partial charge in [0.15, 0.2) is 0 Å². The van der Waals surface area contributed by atoms with Crippen LogP contribution in [0, 0.1) is 0 Å². The van der Waals surface area contributed by atoms with Gasteiger partial charge in [-0.2, -0.15) is 13.2 Å². The van der Waals surface area contributed by atoms with E-state index >= 15 is 0 Å². The fourth-order valence-electron chi connectivity index (χ4n) is 1.81. The lowest BCUT2D eigenvalue weighted by Crippen LogP contribution is -2.45. The Morgan fingerprint density at radius 2 is 1.86 bits per heavy atom. The minimum absolute atomic E-state index is 0.0503. The van der Waals surface area contributed by atoms with Gasteiger partial charge in [0.1, 0.15) is 0 Å². The van der Waals surface area contributed by atoms with Gasteiger partial charge in [-0.3, -0.25) is 4.79 Å². The zero-order valence-corrected chi connectivity index (χ0v) is 12.6. The maximum atomic E-state index is 12.6. The van der Waals surface area contributed by atoms with Crippen LogP contribution in [0.25, 0.3) is 0 Å². The molecule has 2 N–H and O–H groups in total. The zero-order chi connectivity index (χ0) is 16.3. The van der Waals surface area contributed by atoms with Gasteiger partial charge in [0.05, 0.1) is 12.1 Å². The average molecular weight is 302 g/mol. The second-order valence-electron chi connectivity index (χ2n) is 6.02. The molecule has 3 nitrogen and oxygen atoms in total. The maximum absolute atomic E-state index is 12.6. The second-order valence-corrected chi connectivity index (χ2v) is 6.02. The van der Waals surface area contributed by atoms with Gasteiger partial charge in [0.25, 0.3) is 0 Å². The number of carbonyl (C=O) groups is 1. The predicted molar refractivity (Wildman–Crippen MR) is 75.8 cm³/mol. The molecule has 0 fully saturated rings. The Labute approximate surface area is 122 Å². The van der Waals surface area contributed by atoms with Crippen molar-refractivity contribution in [3.05, 3.63) is 35.4 Å². The molecule has 118 valence electrons. The van der Waals surface area contributed by atoms with Gasteiger partial charge in [-0.1, -0.05) is 12.1 Å². The number of alkyl halides is 3. The molecule has 0 saturated heterocycles. The van der Waals surface area contributed by atoms with Gasteiger partial charge in [0, 0.05) is 11.6 Å². The van der Waals surface area contributed by atoms with Crippen LogP contribution < -0.4 is 10.6 Å². The van der Waals surface area contributed by atoms with Crippen molar-refractivity contribution in [3.63, 3.8) is 0 Å². The summed E-state index contributed by atoms with van der Waals surface area (Å²) in [4.78, 5) is 11.7. The molecule has 6 heteroatoms. The molecule has 0 aliphatic rings. The molecule has 1 rings (SSSR count). The highest BCUT2D eigenvalue weighted by molar-refractivity contribution is 5.78. The summed E-state index contributed by atoms with van der Waals surface area (Å²) in [7, 11) is 0. The van der Waals surface area contributed by atoms with Crippen LogP contribution in [-0.4, -0.2) is 18.0 Å². The summed E-state index contributed by atoms with van der Waals surface area (Å²) in [6.07, 6.45) is -4.36. The number of amides is 1. The molecule has 0 spiro atoms. The maximum Gasteiger partial charge on any atom is 0.416 e. The Kier molecular flexibility index (Phi) is 5.39. The van der Waals surface area contributed by atoms with E-state index in [0.29, 0.717) is 5.56 Å². The van der Waals surface area contributed by atoms with Gasteiger partial charge in [-0.15, -0.1) is 0 Å². The first-order valence-corrected chi connectivity index (χ1v) is 6.70. The van der Waals surface area contributed by atoms with Crippen molar-refractivity contribution in [1.82, 2.24) is 10.6 Å². The lowest BCUT2D eigenvalue weighted by atomic mass is 10.0. The van der Waals surface area contributed by atoms with Gasteiger partial charge >= 0.3 is 6.18 Å². The third kappa shape index (κ3) is 6.16. The van der Waals surface area contributed by atoms with Gasteiger partial charge < -0.3 is 10.6 Å². The number of carbonyl (C=O) groups excluding carboxylic acids is 1. The third-order valence-electron chi connectivity index (χ3n) is 2.80. The van der Waals surface area contributed by atoms with Gasteiger partial charge in [0.2, 0.25) is 5.91 Å². The van der Waals surface area contributed by atoms with E-state index in [1.807, 2.05) is 20.8 Å². The Morgan fingerprint density at radius 3 is 2.38 bits per heavy atom. The third-order valence-corrected chi connectivity index (χ3v) is 2.80. The van der Waals surface area contributed by atoms with Crippen LogP contribution in [0.4, 0.5) is 13.2 Å². The molecule has 21 heavy (non-hydrogen) atoms. The van der Waals surface area contributed by atoms with Crippen molar-refractivity contribution in [3.8, 4) is 0 Å². The first kappa shape index (κ1) is 17.5. The van der Waals surface area contributed by atoms with E-state index in [2.05, 4.69) is 10.6 Å². The minimum Gasteiger partial charge on any atom is -0.350 e. The second kappa shape index (κ2) is 6.47. The summed E-state index contributed by atoms with van der Waals surface area (Å²) in [5, 5.41) is 5.70. The number of hydrogen-bond donors (Lipinski definition) is 2. The highest BCUT2D eigenvalue weighted by atomic mass is 19.4. The Morgan fingerprint density at radius 1 is 1.24 bits per heavy atom. The molecule has 0 radical (unpaired) electrons. The molecule has 1 unspecified atom stereocenters. The quantitative estimate of drug-likeness (QED) is 0.896. The largest absolute Gasteiger partial charge is 0.416 e. The number of rotatable bonds is 4. The molecule has 0 heterocycles. The Bertz CT molecular complexity index is 492. The van der Waals surface area contributed by atoms with E-state index < -0.39 is 11.7 Å². The molecular weight excluding hydrogens is 281 g/mol. The Hall–Kier alpha value is -1.56. The van der Waals surface area contributed by atoms with Crippen molar-refractivity contribution >= 4 is 5.91 Å². The van der Waals surface area contributed by atoms with Crippen LogP contribution in [0.2, 0.25) is 0 Å². The number of nitrogens with one attached hydrogen (secondary N) is 2. The molecule has 0 bridgehead atoms. The summed E-state index contributed by atoms with van der Waals surface area (Å²) in [6.45, 7) is 7.36. The number of benzene rings is 1. The Balaban J connectivity index is 2.64. The first-order valence-electron chi connectivity index (χ1n) is 6.70. The predicted octanol–water partition coefficient (Wildman–Crippen LogP) is 3.27. The highest BCUT2D eigenvalue weighted by Gasteiger charge is 2.30. The van der Waals surface area contributed by atoms with E-state index in [4.69, 9.17) is 0 Å². The summed E-state index contributed by atoms with van der Waals surface area (Å²) in [5.74, 6) is -0.193. The van der Waals surface area contributed by atoms with Crippen LogP contribution in [0.15, 0.2) is 24.3 Å². The highest BCUT2D eigenvalue weighted by Crippen LogP contribution is 2.30. The minimum atomic E-state index is -4.36. The van der Waals surface area contributed by atoms with Gasteiger partial charge in [-0.25, -0.2) is 0 Å². The molecule has 1 amide bonds. The standard InChI is InChI=1S/C15H21F3N2O/c1-10(19-9-13(21)20-14(2,3)4)11-6-5-7-12(8-11)15(16,17)18/h5-8,10,19H,9H2,1-4H3,(H,20,21). The van der Waals surface area contributed by atoms with Crippen LogP contribution in [0.3, 0.4) is 0 Å². The molecule has 0 aliphatic heterocycles. The number of hydrogen-bond acceptors (Lipinski definition) is 2. The number of halogens is 3. The fourth-order valence-corrected chi connectivity index (χ4v) is 1.81. The van der Waals surface area contributed by atoms with E-state index in [1.54, 1.807) is 13.0 Å². The molecule has 1 atom stereocenters. The van der Waals surface area contributed by atoms with Crippen LogP contribution in [0.1, 0.15) is 44.9 Å². The smallest absolute Gasteiger partial charge is 0.350 e. The van der Waals surface area contributed by atoms with E-state index in [1.165, 1.54) is 6.07 Å². The van der Waals surface area contributed by atoms with E-state index in [0.717, 1.165) is 12.1 Å². The summed E-state index contributed by atoms with van der Waals surface area (Å²) >= 11 is 0. The molecule has 1 aromatic carbocycles. The molecule has 0 saturated carbocycles. The molecular formula is C15H21F3N2O. The topological polar surface area (TPSA) is 41.1 Å². The van der Waals surface area contributed by atoms with E-state index in [-0.39, 0.29) is 24.0 Å². The lowest BCUT2D eigenvalue weighted by molar-refractivity contribution is -0.137. The van der Waals surface area contributed by atoms with Crippen molar-refractivity contribution in [1.29, 1.82) is 0 Å². The first-order chi connectivity index (χ1) is 9.49. The van der Waals surface area contributed by atoms with Crippen molar-refractivity contribution in [2.45, 2.75) is 45.5 Å². The monoisotopic (exact) mass is 302 g/mol. The zero-order valence-electron chi connectivity index (χ0n) is 12.6. The van der Waals surface area contributed by atoms with Crippen LogP contribution in [-0.2, 0) is 11.0 Å². The SMILES string of the molecule is CC(NCC(=O)NC(C)(C)C)c1cccc(C(F)(F)F)c1. The summed E-state index contributed by atoms with van der Waals surface area (Å²) in [6, 6.07) is 4.75. The van der Waals surface area contributed by atoms with Gasteiger partial charge in [-0.05, 0) is 45.4 Å². The van der Waals surface area contributed by atoms with E-state index in [9.17, 15) is 18.0 Å². The molecule has 0 aliphatic carbocycles. The van der Waals surface area contributed by atoms with Crippen LogP contribution in [0.5, 0.6) is 0 Å². The lowest BCUT2D eigenvalue weighted by Gasteiger charge is -2.22. The van der Waals surface area contributed by atoms with Crippen molar-refractivity contribution < 1.29 is 18.0 Å². The normalized spacial score (nSPS) is 13.9. The van der Waals surface area contributed by atoms with Crippen molar-refractivity contribution in [2.24, 2.45) is 0 Å². The fraction of sp³-hybridized carbons (Fsp3) is 0.533. The molecule has 0 aromatic heterocycles.